The molecular weight excluding hydrogens is 294 g/mol. The fourth-order valence-corrected chi connectivity index (χ4v) is 2.49. The van der Waals surface area contributed by atoms with Crippen molar-refractivity contribution < 1.29 is 18.3 Å². The molecule has 0 atom stereocenters. The van der Waals surface area contributed by atoms with E-state index in [2.05, 4.69) is 10.3 Å². The lowest BCUT2D eigenvalue weighted by Gasteiger charge is -2.11. The maximum absolute atomic E-state index is 11.8. The van der Waals surface area contributed by atoms with Crippen LogP contribution in [0.2, 0.25) is 0 Å². The Balaban J connectivity index is 2.40. The molecule has 1 rings (SSSR count). The summed E-state index contributed by atoms with van der Waals surface area (Å²) in [6.45, 7) is 0.673. The van der Waals surface area contributed by atoms with E-state index in [9.17, 15) is 13.2 Å². The number of nitrogens with zero attached hydrogens (tertiary/aromatic N) is 2. The van der Waals surface area contributed by atoms with Crippen molar-refractivity contribution in [1.82, 2.24) is 9.29 Å². The van der Waals surface area contributed by atoms with Gasteiger partial charge in [0.1, 0.15) is 10.7 Å². The van der Waals surface area contributed by atoms with Gasteiger partial charge in [-0.3, -0.25) is 4.79 Å². The third-order valence-corrected chi connectivity index (χ3v) is 4.69. The zero-order valence-electron chi connectivity index (χ0n) is 12.2. The largest absolute Gasteiger partial charge is 0.481 e. The van der Waals surface area contributed by atoms with Crippen LogP contribution in [-0.4, -0.2) is 49.4 Å². The molecule has 2 N–H and O–H groups in total. The molecule has 21 heavy (non-hydrogen) atoms. The Hall–Kier alpha value is -1.67. The highest BCUT2D eigenvalue weighted by Gasteiger charge is 2.17. The second-order valence-corrected chi connectivity index (χ2v) is 6.95. The normalized spacial score (nSPS) is 11.6. The van der Waals surface area contributed by atoms with Crippen LogP contribution in [0, 0.1) is 0 Å². The van der Waals surface area contributed by atoms with Crippen LogP contribution in [0.5, 0.6) is 0 Å². The minimum Gasteiger partial charge on any atom is -0.481 e. The van der Waals surface area contributed by atoms with E-state index >= 15 is 0 Å². The molecule has 0 aromatic carbocycles. The van der Waals surface area contributed by atoms with Crippen LogP contribution < -0.4 is 5.32 Å². The Bertz CT molecular complexity index is 555. The molecule has 0 saturated carbocycles. The number of sulfonamides is 1. The summed E-state index contributed by atoms with van der Waals surface area (Å²) >= 11 is 0. The van der Waals surface area contributed by atoms with Gasteiger partial charge in [0.2, 0.25) is 10.0 Å². The standard InChI is InChI=1S/C13H21N3O4S/c1-16(2)21(19,20)11-7-8-12(15-10-11)14-9-5-3-4-6-13(17)18/h7-8,10H,3-6,9H2,1-2H3,(H,14,15)(H,17,18). The molecule has 8 heteroatoms. The van der Waals surface area contributed by atoms with Crippen molar-refractivity contribution in [2.45, 2.75) is 30.6 Å². The van der Waals surface area contributed by atoms with Gasteiger partial charge in [0.15, 0.2) is 0 Å². The second kappa shape index (κ2) is 7.94. The van der Waals surface area contributed by atoms with Gasteiger partial charge in [-0.2, -0.15) is 0 Å². The molecule has 0 bridgehead atoms. The molecule has 0 saturated heterocycles. The average Bonchev–Trinajstić information content (AvgIpc) is 2.42. The number of aromatic nitrogens is 1. The number of unbranched alkanes of at least 4 members (excludes halogenated alkanes) is 2. The maximum Gasteiger partial charge on any atom is 0.303 e. The molecule has 0 radical (unpaired) electrons. The lowest BCUT2D eigenvalue weighted by molar-refractivity contribution is -0.137. The first kappa shape index (κ1) is 17.4. The monoisotopic (exact) mass is 315 g/mol. The minimum absolute atomic E-state index is 0.152. The summed E-state index contributed by atoms with van der Waals surface area (Å²) in [5.74, 6) is -0.173. The molecule has 1 aromatic heterocycles. The van der Waals surface area contributed by atoms with Crippen LogP contribution in [0.1, 0.15) is 25.7 Å². The van der Waals surface area contributed by atoms with Crippen molar-refractivity contribution >= 4 is 21.8 Å². The van der Waals surface area contributed by atoms with Crippen molar-refractivity contribution in [1.29, 1.82) is 0 Å². The SMILES string of the molecule is CN(C)S(=O)(=O)c1ccc(NCCCCCC(=O)O)nc1. The van der Waals surface area contributed by atoms with Crippen molar-refractivity contribution in [2.24, 2.45) is 0 Å². The number of anilines is 1. The van der Waals surface area contributed by atoms with E-state index in [1.807, 2.05) is 0 Å². The summed E-state index contributed by atoms with van der Waals surface area (Å²) in [6.07, 6.45) is 3.83. The number of hydrogen-bond acceptors (Lipinski definition) is 5. The van der Waals surface area contributed by atoms with E-state index < -0.39 is 16.0 Å². The van der Waals surface area contributed by atoms with Crippen molar-refractivity contribution in [3.63, 3.8) is 0 Å². The van der Waals surface area contributed by atoms with Crippen LogP contribution >= 0.6 is 0 Å². The highest BCUT2D eigenvalue weighted by Crippen LogP contribution is 2.13. The van der Waals surface area contributed by atoms with Crippen molar-refractivity contribution in [3.05, 3.63) is 18.3 Å². The Kier molecular flexibility index (Phi) is 6.57. The zero-order chi connectivity index (χ0) is 15.9. The molecule has 0 amide bonds. The molecule has 0 aliphatic rings. The Morgan fingerprint density at radius 3 is 2.52 bits per heavy atom. The van der Waals surface area contributed by atoms with Crippen LogP contribution in [0.25, 0.3) is 0 Å². The number of pyridine rings is 1. The first-order valence-corrected chi connectivity index (χ1v) is 8.12. The molecule has 0 unspecified atom stereocenters. The number of carbonyl (C=O) groups is 1. The molecule has 0 spiro atoms. The molecule has 0 aliphatic heterocycles. The molecule has 1 heterocycles. The summed E-state index contributed by atoms with van der Waals surface area (Å²) in [7, 11) is -0.505. The first-order valence-electron chi connectivity index (χ1n) is 6.68. The second-order valence-electron chi connectivity index (χ2n) is 4.80. The van der Waals surface area contributed by atoms with Gasteiger partial charge in [-0.05, 0) is 25.0 Å². The maximum atomic E-state index is 11.8. The number of nitrogens with one attached hydrogen (secondary N) is 1. The molecule has 7 nitrogen and oxygen atoms in total. The number of carboxylic acids is 1. The third kappa shape index (κ3) is 5.68. The van der Waals surface area contributed by atoms with Gasteiger partial charge in [0.25, 0.3) is 0 Å². The summed E-state index contributed by atoms with van der Waals surface area (Å²) in [5.41, 5.74) is 0. The summed E-state index contributed by atoms with van der Waals surface area (Å²) in [6, 6.07) is 3.13. The van der Waals surface area contributed by atoms with E-state index in [0.29, 0.717) is 18.8 Å². The van der Waals surface area contributed by atoms with Gasteiger partial charge in [-0.1, -0.05) is 6.42 Å². The smallest absolute Gasteiger partial charge is 0.303 e. The van der Waals surface area contributed by atoms with Gasteiger partial charge in [0.05, 0.1) is 0 Å². The summed E-state index contributed by atoms with van der Waals surface area (Å²) < 4.78 is 24.8. The van der Waals surface area contributed by atoms with Crippen LogP contribution in [-0.2, 0) is 14.8 Å². The van der Waals surface area contributed by atoms with Gasteiger partial charge >= 0.3 is 5.97 Å². The van der Waals surface area contributed by atoms with Crippen LogP contribution in [0.15, 0.2) is 23.2 Å². The molecule has 0 fully saturated rings. The summed E-state index contributed by atoms with van der Waals surface area (Å²) in [5, 5.41) is 11.6. The average molecular weight is 315 g/mol. The fraction of sp³-hybridized carbons (Fsp3) is 0.538. The molecule has 1 aromatic rings. The highest BCUT2D eigenvalue weighted by atomic mass is 32.2. The Labute approximate surface area is 125 Å². The summed E-state index contributed by atoms with van der Waals surface area (Å²) in [4.78, 5) is 14.6. The fourth-order valence-electron chi connectivity index (χ4n) is 1.64. The van der Waals surface area contributed by atoms with Gasteiger partial charge < -0.3 is 10.4 Å². The van der Waals surface area contributed by atoms with Gasteiger partial charge in [0, 0.05) is 33.3 Å². The molecule has 118 valence electrons. The number of hydrogen-bond donors (Lipinski definition) is 2. The number of rotatable bonds is 9. The lowest BCUT2D eigenvalue weighted by Crippen LogP contribution is -2.22. The van der Waals surface area contributed by atoms with Gasteiger partial charge in [-0.15, -0.1) is 0 Å². The zero-order valence-corrected chi connectivity index (χ0v) is 13.1. The third-order valence-electron chi connectivity index (χ3n) is 2.89. The Morgan fingerprint density at radius 2 is 2.00 bits per heavy atom. The highest BCUT2D eigenvalue weighted by molar-refractivity contribution is 7.89. The number of aliphatic carboxylic acids is 1. The molecule has 0 aliphatic carbocycles. The number of carboxylic acid groups (broad SMARTS) is 1. The lowest BCUT2D eigenvalue weighted by atomic mass is 10.2. The topological polar surface area (TPSA) is 99.6 Å². The predicted octanol–water partition coefficient (Wildman–Crippen LogP) is 1.39. The van der Waals surface area contributed by atoms with Crippen molar-refractivity contribution in [2.75, 3.05) is 26.0 Å². The predicted molar refractivity (Wildman–Crippen MR) is 79.7 cm³/mol. The van der Waals surface area contributed by atoms with Gasteiger partial charge in [-0.25, -0.2) is 17.7 Å². The Morgan fingerprint density at radius 1 is 1.29 bits per heavy atom. The first-order chi connectivity index (χ1) is 9.84. The van der Waals surface area contributed by atoms with E-state index in [4.69, 9.17) is 5.11 Å². The van der Waals surface area contributed by atoms with E-state index in [-0.39, 0.29) is 11.3 Å². The van der Waals surface area contributed by atoms with Crippen LogP contribution in [0.3, 0.4) is 0 Å². The van der Waals surface area contributed by atoms with Crippen molar-refractivity contribution in [3.8, 4) is 0 Å². The molecular formula is C13H21N3O4S. The quantitative estimate of drug-likeness (QED) is 0.668. The van der Waals surface area contributed by atoms with Crippen LogP contribution in [0.4, 0.5) is 5.82 Å². The minimum atomic E-state index is -3.45. The van der Waals surface area contributed by atoms with E-state index in [0.717, 1.165) is 17.1 Å². The van der Waals surface area contributed by atoms with E-state index in [1.54, 1.807) is 6.07 Å². The van der Waals surface area contributed by atoms with E-state index in [1.165, 1.54) is 26.4 Å².